The van der Waals surface area contributed by atoms with Gasteiger partial charge in [0, 0.05) is 11.2 Å². The van der Waals surface area contributed by atoms with Crippen LogP contribution in [0.1, 0.15) is 90.9 Å². The quantitative estimate of drug-likeness (QED) is 0.290. The number of rotatable bonds is 14. The molecule has 3 heteroatoms. The van der Waals surface area contributed by atoms with E-state index in [9.17, 15) is 4.79 Å². The largest absolute Gasteiger partial charge is 0.469 e. The third kappa shape index (κ3) is 7.39. The molecule has 1 rings (SSSR count). The van der Waals surface area contributed by atoms with Gasteiger partial charge in [-0.15, -0.1) is 0 Å². The van der Waals surface area contributed by atoms with Crippen LogP contribution in [0.5, 0.6) is 0 Å². The topological polar surface area (TPSA) is 26.3 Å². The normalized spacial score (nSPS) is 23.5. The summed E-state index contributed by atoms with van der Waals surface area (Å²) in [6.45, 7) is 4.57. The second-order valence-corrected chi connectivity index (χ2v) is 8.31. The highest BCUT2D eigenvalue weighted by molar-refractivity contribution is 8.00. The number of carbonyl (C=O) groups is 1. The third-order valence-electron chi connectivity index (χ3n) is 4.88. The zero-order valence-electron chi connectivity index (χ0n) is 15.0. The summed E-state index contributed by atoms with van der Waals surface area (Å²) in [5.41, 5.74) is 0. The maximum Gasteiger partial charge on any atom is 0.305 e. The molecule has 1 aliphatic rings. The molecule has 1 saturated carbocycles. The molecule has 130 valence electrons. The van der Waals surface area contributed by atoms with E-state index in [0.29, 0.717) is 11.2 Å². The van der Waals surface area contributed by atoms with Crippen molar-refractivity contribution in [3.05, 3.63) is 0 Å². The third-order valence-corrected chi connectivity index (χ3v) is 6.78. The molecule has 1 fully saturated rings. The van der Waals surface area contributed by atoms with E-state index in [1.807, 2.05) is 0 Å². The van der Waals surface area contributed by atoms with Crippen molar-refractivity contribution in [1.82, 2.24) is 0 Å². The molecule has 1 aliphatic carbocycles. The molecule has 0 aliphatic heterocycles. The lowest BCUT2D eigenvalue weighted by molar-refractivity contribution is -0.140. The molecule has 2 nitrogen and oxygen atoms in total. The van der Waals surface area contributed by atoms with Crippen LogP contribution in [0.15, 0.2) is 0 Å². The molecule has 0 radical (unpaired) electrons. The SMILES string of the molecule is CCCCCC[C@@H]1C[C@]1(CCCCCC(=O)OC)SCCC. The van der Waals surface area contributed by atoms with E-state index in [0.717, 1.165) is 12.3 Å². The minimum atomic E-state index is -0.0599. The van der Waals surface area contributed by atoms with Crippen LogP contribution in [0.2, 0.25) is 0 Å². The molecule has 0 unspecified atom stereocenters. The van der Waals surface area contributed by atoms with Gasteiger partial charge in [0.1, 0.15) is 0 Å². The van der Waals surface area contributed by atoms with Crippen LogP contribution in [0, 0.1) is 5.92 Å². The second kappa shape index (κ2) is 11.4. The summed E-state index contributed by atoms with van der Waals surface area (Å²) >= 11 is 2.24. The zero-order chi connectivity index (χ0) is 16.3. The fourth-order valence-corrected chi connectivity index (χ4v) is 4.95. The smallest absolute Gasteiger partial charge is 0.305 e. The van der Waals surface area contributed by atoms with Gasteiger partial charge in [-0.2, -0.15) is 11.8 Å². The maximum absolute atomic E-state index is 11.1. The molecule has 0 amide bonds. The minimum absolute atomic E-state index is 0.0599. The number of hydrogen-bond donors (Lipinski definition) is 0. The number of hydrogen-bond acceptors (Lipinski definition) is 3. The van der Waals surface area contributed by atoms with E-state index in [4.69, 9.17) is 4.74 Å². The molecule has 0 aromatic rings. The second-order valence-electron chi connectivity index (χ2n) is 6.80. The Hall–Kier alpha value is -0.180. The monoisotopic (exact) mass is 328 g/mol. The van der Waals surface area contributed by atoms with Gasteiger partial charge in [-0.1, -0.05) is 52.4 Å². The van der Waals surface area contributed by atoms with E-state index in [-0.39, 0.29) is 5.97 Å². The highest BCUT2D eigenvalue weighted by Crippen LogP contribution is 2.59. The first-order chi connectivity index (χ1) is 10.7. The fraction of sp³-hybridized carbons (Fsp3) is 0.947. The Morgan fingerprint density at radius 2 is 1.86 bits per heavy atom. The van der Waals surface area contributed by atoms with Gasteiger partial charge in [-0.25, -0.2) is 0 Å². The predicted molar refractivity (Wildman–Crippen MR) is 97.4 cm³/mol. The summed E-state index contributed by atoms with van der Waals surface area (Å²) in [6, 6.07) is 0. The maximum atomic E-state index is 11.1. The molecule has 0 N–H and O–H groups in total. The van der Waals surface area contributed by atoms with Crippen molar-refractivity contribution >= 4 is 17.7 Å². The van der Waals surface area contributed by atoms with Crippen LogP contribution in [0.4, 0.5) is 0 Å². The molecule has 0 spiro atoms. The van der Waals surface area contributed by atoms with E-state index < -0.39 is 0 Å². The van der Waals surface area contributed by atoms with Gasteiger partial charge < -0.3 is 4.74 Å². The molecular formula is C19H36O2S. The standard InChI is InChI=1S/C19H36O2S/c1-4-6-7-9-12-17-16-19(17,22-15-5-2)14-11-8-10-13-18(20)21-3/h17H,4-16H2,1-3H3/t17-,19+/m1/s1. The Kier molecular flexibility index (Phi) is 10.3. The minimum Gasteiger partial charge on any atom is -0.469 e. The van der Waals surface area contributed by atoms with Gasteiger partial charge in [0.2, 0.25) is 0 Å². The summed E-state index contributed by atoms with van der Waals surface area (Å²) in [5.74, 6) is 2.23. The van der Waals surface area contributed by atoms with Gasteiger partial charge >= 0.3 is 5.97 Å². The van der Waals surface area contributed by atoms with Crippen molar-refractivity contribution < 1.29 is 9.53 Å². The van der Waals surface area contributed by atoms with E-state index >= 15 is 0 Å². The molecule has 2 atom stereocenters. The highest BCUT2D eigenvalue weighted by atomic mass is 32.2. The first-order valence-electron chi connectivity index (χ1n) is 9.39. The van der Waals surface area contributed by atoms with Crippen molar-refractivity contribution in [2.45, 2.75) is 95.6 Å². The van der Waals surface area contributed by atoms with Gasteiger partial charge in [0.25, 0.3) is 0 Å². The van der Waals surface area contributed by atoms with Crippen molar-refractivity contribution in [2.75, 3.05) is 12.9 Å². The van der Waals surface area contributed by atoms with Crippen LogP contribution < -0.4 is 0 Å². The average molecular weight is 329 g/mol. The molecule has 0 heterocycles. The van der Waals surface area contributed by atoms with Crippen LogP contribution >= 0.6 is 11.8 Å². The van der Waals surface area contributed by atoms with Gasteiger partial charge in [0.05, 0.1) is 7.11 Å². The Morgan fingerprint density at radius 3 is 2.55 bits per heavy atom. The predicted octanol–water partition coefficient (Wildman–Crippen LogP) is 5.98. The van der Waals surface area contributed by atoms with Crippen molar-refractivity contribution in [2.24, 2.45) is 5.92 Å². The van der Waals surface area contributed by atoms with Crippen LogP contribution in [0.3, 0.4) is 0 Å². The molecular weight excluding hydrogens is 292 g/mol. The number of methoxy groups -OCH3 is 1. The van der Waals surface area contributed by atoms with Gasteiger partial charge in [-0.05, 0) is 43.8 Å². The lowest BCUT2D eigenvalue weighted by atomic mass is 10.0. The Balaban J connectivity index is 2.20. The summed E-state index contributed by atoms with van der Waals surface area (Å²) in [6.07, 6.45) is 15.1. The first-order valence-corrected chi connectivity index (χ1v) is 10.4. The van der Waals surface area contributed by atoms with Gasteiger partial charge in [-0.3, -0.25) is 4.79 Å². The van der Waals surface area contributed by atoms with E-state index in [1.54, 1.807) is 0 Å². The molecule has 0 aromatic heterocycles. The number of ether oxygens (including phenoxy) is 1. The Bertz CT molecular complexity index is 306. The van der Waals surface area contributed by atoms with Crippen LogP contribution in [-0.4, -0.2) is 23.6 Å². The summed E-state index contributed by atoms with van der Waals surface area (Å²) in [7, 11) is 1.48. The van der Waals surface area contributed by atoms with Crippen molar-refractivity contribution in [3.8, 4) is 0 Å². The summed E-state index contributed by atoms with van der Waals surface area (Å²) < 4.78 is 5.31. The molecule has 0 bridgehead atoms. The molecule has 0 aromatic carbocycles. The highest BCUT2D eigenvalue weighted by Gasteiger charge is 2.52. The first kappa shape index (κ1) is 19.9. The lowest BCUT2D eigenvalue weighted by Gasteiger charge is -2.17. The number of thioether (sulfide) groups is 1. The Morgan fingerprint density at radius 1 is 1.09 bits per heavy atom. The lowest BCUT2D eigenvalue weighted by Crippen LogP contribution is -2.09. The van der Waals surface area contributed by atoms with E-state index in [1.165, 1.54) is 77.1 Å². The van der Waals surface area contributed by atoms with Crippen LogP contribution in [0.25, 0.3) is 0 Å². The summed E-state index contributed by atoms with van der Waals surface area (Å²) in [5, 5.41) is 0. The number of esters is 1. The fourth-order valence-electron chi connectivity index (χ4n) is 3.37. The zero-order valence-corrected chi connectivity index (χ0v) is 15.8. The molecule has 0 saturated heterocycles. The van der Waals surface area contributed by atoms with E-state index in [2.05, 4.69) is 25.6 Å². The van der Waals surface area contributed by atoms with Crippen LogP contribution in [-0.2, 0) is 9.53 Å². The summed E-state index contributed by atoms with van der Waals surface area (Å²) in [4.78, 5) is 11.1. The average Bonchev–Trinajstić information content (AvgIpc) is 3.22. The van der Waals surface area contributed by atoms with Crippen molar-refractivity contribution in [1.29, 1.82) is 0 Å². The van der Waals surface area contributed by atoms with Gasteiger partial charge in [0.15, 0.2) is 0 Å². The number of carbonyl (C=O) groups excluding carboxylic acids is 1. The number of unbranched alkanes of at least 4 members (excludes halogenated alkanes) is 5. The Labute approximate surface area is 142 Å². The van der Waals surface area contributed by atoms with Crippen molar-refractivity contribution in [3.63, 3.8) is 0 Å². The molecule has 22 heavy (non-hydrogen) atoms.